The summed E-state index contributed by atoms with van der Waals surface area (Å²) in [5, 5.41) is 2.28. The van der Waals surface area contributed by atoms with Crippen LogP contribution in [0.5, 0.6) is 0 Å². The number of para-hydroxylation sites is 1. The molecule has 2 heterocycles. The topological polar surface area (TPSA) is 16.4 Å². The lowest BCUT2D eigenvalue weighted by Gasteiger charge is -2.42. The number of fused-ring (bicyclic) bond motifs is 9. The van der Waals surface area contributed by atoms with Crippen molar-refractivity contribution in [3.8, 4) is 22.3 Å². The van der Waals surface area contributed by atoms with Crippen LogP contribution < -0.4 is 4.90 Å². The first-order chi connectivity index (χ1) is 22.3. The molecule has 2 aliphatic rings. The maximum Gasteiger partial charge on any atom is 0.141 e. The maximum atomic E-state index is 6.95. The van der Waals surface area contributed by atoms with Gasteiger partial charge >= 0.3 is 0 Å². The second-order valence-electron chi connectivity index (χ2n) is 14.0. The molecule has 1 unspecified atom stereocenters. The van der Waals surface area contributed by atoms with E-state index in [4.69, 9.17) is 4.42 Å². The standard InChI is InChI=1S/C44H35NO/c1-6-27-15-17-28(18-16-27)29-19-24-39-35(25-29)33-21-23-38-41(42(33)46-39)44(5)36-22-20-30(43(2,3)4)26-34(36)32-13-10-14-37(40(32)44)45(38)31-11-8-7-9-12-31/h6-26H,1H2,2-5H3. The van der Waals surface area contributed by atoms with E-state index < -0.39 is 5.41 Å². The zero-order valence-corrected chi connectivity index (χ0v) is 26.7. The van der Waals surface area contributed by atoms with Crippen LogP contribution in [-0.2, 0) is 10.8 Å². The highest BCUT2D eigenvalue weighted by atomic mass is 16.3. The Labute approximate surface area is 270 Å². The van der Waals surface area contributed by atoms with Gasteiger partial charge in [-0.15, -0.1) is 0 Å². The van der Waals surface area contributed by atoms with E-state index in [1.54, 1.807) is 0 Å². The largest absolute Gasteiger partial charge is 0.456 e. The van der Waals surface area contributed by atoms with Crippen molar-refractivity contribution in [2.24, 2.45) is 0 Å². The Morgan fingerprint density at radius 3 is 2.20 bits per heavy atom. The van der Waals surface area contributed by atoms with Gasteiger partial charge < -0.3 is 9.32 Å². The predicted octanol–water partition coefficient (Wildman–Crippen LogP) is 12.3. The van der Waals surface area contributed by atoms with E-state index in [-0.39, 0.29) is 5.41 Å². The molecule has 0 amide bonds. The van der Waals surface area contributed by atoms with Crippen molar-refractivity contribution in [3.05, 3.63) is 156 Å². The van der Waals surface area contributed by atoms with Crippen molar-refractivity contribution in [3.63, 3.8) is 0 Å². The SMILES string of the molecule is C=Cc1ccc(-c2ccc3oc4c5c(ccc4c3c2)N(c2ccccc2)c2cccc3c2C5(C)c2ccc(C(C)(C)C)cc2-3)cc1. The molecule has 1 atom stereocenters. The van der Waals surface area contributed by atoms with Crippen molar-refractivity contribution >= 4 is 45.1 Å². The molecule has 7 aromatic rings. The summed E-state index contributed by atoms with van der Waals surface area (Å²) in [5.41, 5.74) is 16.4. The molecule has 222 valence electrons. The van der Waals surface area contributed by atoms with E-state index >= 15 is 0 Å². The van der Waals surface area contributed by atoms with Crippen LogP contribution in [0.2, 0.25) is 0 Å². The summed E-state index contributed by atoms with van der Waals surface area (Å²) in [6.07, 6.45) is 1.88. The predicted molar refractivity (Wildman–Crippen MR) is 194 cm³/mol. The van der Waals surface area contributed by atoms with Crippen molar-refractivity contribution in [2.75, 3.05) is 4.90 Å². The molecule has 1 aromatic heterocycles. The minimum Gasteiger partial charge on any atom is -0.456 e. The summed E-state index contributed by atoms with van der Waals surface area (Å²) in [4.78, 5) is 2.44. The van der Waals surface area contributed by atoms with Gasteiger partial charge in [0.05, 0.1) is 16.8 Å². The molecule has 2 heteroatoms. The summed E-state index contributed by atoms with van der Waals surface area (Å²) in [7, 11) is 0. The molecule has 0 N–H and O–H groups in total. The number of hydrogen-bond donors (Lipinski definition) is 0. The van der Waals surface area contributed by atoms with Gasteiger partial charge in [0.2, 0.25) is 0 Å². The molecule has 0 saturated heterocycles. The van der Waals surface area contributed by atoms with Crippen molar-refractivity contribution in [1.82, 2.24) is 0 Å². The molecule has 0 saturated carbocycles. The Balaban J connectivity index is 1.36. The van der Waals surface area contributed by atoms with Gasteiger partial charge in [0.25, 0.3) is 0 Å². The summed E-state index contributed by atoms with van der Waals surface area (Å²) in [6, 6.07) is 44.5. The van der Waals surface area contributed by atoms with Crippen LogP contribution in [0.3, 0.4) is 0 Å². The third-order valence-electron chi connectivity index (χ3n) is 10.4. The highest BCUT2D eigenvalue weighted by Crippen LogP contribution is 2.64. The normalized spacial score (nSPS) is 16.4. The fourth-order valence-electron chi connectivity index (χ4n) is 8.02. The highest BCUT2D eigenvalue weighted by molar-refractivity contribution is 6.11. The molecule has 0 spiro atoms. The van der Waals surface area contributed by atoms with Crippen LogP contribution in [0.25, 0.3) is 50.3 Å². The van der Waals surface area contributed by atoms with Gasteiger partial charge in [-0.1, -0.05) is 112 Å². The number of anilines is 3. The third-order valence-corrected chi connectivity index (χ3v) is 10.4. The Hall–Kier alpha value is -5.34. The molecule has 2 nitrogen and oxygen atoms in total. The van der Waals surface area contributed by atoms with Crippen molar-refractivity contribution < 1.29 is 4.42 Å². The smallest absolute Gasteiger partial charge is 0.141 e. The highest BCUT2D eigenvalue weighted by Gasteiger charge is 2.50. The van der Waals surface area contributed by atoms with Gasteiger partial charge in [0, 0.05) is 22.0 Å². The molecular weight excluding hydrogens is 558 g/mol. The molecule has 0 fully saturated rings. The summed E-state index contributed by atoms with van der Waals surface area (Å²) < 4.78 is 6.95. The number of rotatable bonds is 3. The van der Waals surface area contributed by atoms with Gasteiger partial charge in [0.1, 0.15) is 11.2 Å². The third kappa shape index (κ3) is 3.59. The summed E-state index contributed by atoms with van der Waals surface area (Å²) >= 11 is 0. The van der Waals surface area contributed by atoms with Crippen LogP contribution in [-0.4, -0.2) is 0 Å². The molecular formula is C44H35NO. The first-order valence-corrected chi connectivity index (χ1v) is 16.1. The molecule has 0 radical (unpaired) electrons. The lowest BCUT2D eigenvalue weighted by molar-refractivity contribution is 0.589. The van der Waals surface area contributed by atoms with E-state index in [2.05, 4.69) is 161 Å². The molecule has 46 heavy (non-hydrogen) atoms. The van der Waals surface area contributed by atoms with Crippen LogP contribution in [0.4, 0.5) is 17.1 Å². The van der Waals surface area contributed by atoms with Crippen molar-refractivity contribution in [2.45, 2.75) is 38.5 Å². The van der Waals surface area contributed by atoms with Gasteiger partial charge in [-0.3, -0.25) is 0 Å². The lowest BCUT2D eigenvalue weighted by Crippen LogP contribution is -2.32. The minimum absolute atomic E-state index is 0.0513. The first kappa shape index (κ1) is 27.0. The average molecular weight is 594 g/mol. The van der Waals surface area contributed by atoms with E-state index in [1.165, 1.54) is 50.2 Å². The zero-order chi connectivity index (χ0) is 31.4. The fourth-order valence-corrected chi connectivity index (χ4v) is 8.02. The van der Waals surface area contributed by atoms with E-state index in [9.17, 15) is 0 Å². The quantitative estimate of drug-likeness (QED) is 0.203. The van der Waals surface area contributed by atoms with Crippen LogP contribution in [0, 0.1) is 0 Å². The van der Waals surface area contributed by atoms with Crippen LogP contribution in [0.1, 0.15) is 55.5 Å². The second-order valence-corrected chi connectivity index (χ2v) is 14.0. The number of nitrogens with zero attached hydrogens (tertiary/aromatic N) is 1. The van der Waals surface area contributed by atoms with E-state index in [1.807, 2.05) is 6.08 Å². The van der Waals surface area contributed by atoms with Crippen LogP contribution in [0.15, 0.2) is 132 Å². The molecule has 0 bridgehead atoms. The zero-order valence-electron chi connectivity index (χ0n) is 26.7. The van der Waals surface area contributed by atoms with Crippen molar-refractivity contribution in [1.29, 1.82) is 0 Å². The first-order valence-electron chi connectivity index (χ1n) is 16.1. The molecule has 1 aliphatic carbocycles. The lowest BCUT2D eigenvalue weighted by atomic mass is 9.69. The molecule has 1 aliphatic heterocycles. The van der Waals surface area contributed by atoms with Gasteiger partial charge in [-0.25, -0.2) is 0 Å². The summed E-state index contributed by atoms with van der Waals surface area (Å²) in [6.45, 7) is 13.2. The van der Waals surface area contributed by atoms with Crippen LogP contribution >= 0.6 is 0 Å². The van der Waals surface area contributed by atoms with Gasteiger partial charge in [-0.2, -0.15) is 0 Å². The number of benzene rings is 6. The Morgan fingerprint density at radius 2 is 1.43 bits per heavy atom. The maximum absolute atomic E-state index is 6.95. The Kier molecular flexibility index (Phi) is 5.48. The Bertz CT molecular complexity index is 2370. The number of hydrogen-bond acceptors (Lipinski definition) is 2. The summed E-state index contributed by atoms with van der Waals surface area (Å²) in [5.74, 6) is 0. The fraction of sp³-hybridized carbons (Fsp3) is 0.136. The van der Waals surface area contributed by atoms with E-state index in [0.29, 0.717) is 0 Å². The molecule has 9 rings (SSSR count). The van der Waals surface area contributed by atoms with E-state index in [0.717, 1.165) is 38.9 Å². The minimum atomic E-state index is -0.394. The van der Waals surface area contributed by atoms with Gasteiger partial charge in [0.15, 0.2) is 0 Å². The monoisotopic (exact) mass is 593 g/mol. The molecule has 6 aromatic carbocycles. The Morgan fingerprint density at radius 1 is 0.674 bits per heavy atom. The number of furan rings is 1. The van der Waals surface area contributed by atoms with Gasteiger partial charge in [-0.05, 0) is 99.3 Å². The second kappa shape index (κ2) is 9.34. The average Bonchev–Trinajstić information content (AvgIpc) is 3.58.